The number of piperidine rings is 1. The van der Waals surface area contributed by atoms with Crippen molar-refractivity contribution in [2.45, 2.75) is 72.5 Å². The minimum atomic E-state index is -3.74. The lowest BCUT2D eigenvalue weighted by molar-refractivity contribution is 0.345. The van der Waals surface area contributed by atoms with Gasteiger partial charge < -0.3 is 5.32 Å². The lowest BCUT2D eigenvalue weighted by Gasteiger charge is -2.29. The Morgan fingerprint density at radius 3 is 1.84 bits per heavy atom. The highest BCUT2D eigenvalue weighted by molar-refractivity contribution is 7.90. The number of rotatable bonds is 6. The predicted molar refractivity (Wildman–Crippen MR) is 93.1 cm³/mol. The molecule has 2 saturated heterocycles. The zero-order valence-electron chi connectivity index (χ0n) is 13.8. The summed E-state index contributed by atoms with van der Waals surface area (Å²) in [6.07, 6.45) is 5.38. The van der Waals surface area contributed by atoms with E-state index in [0.717, 1.165) is 38.5 Å². The second kappa shape index (κ2) is 6.31. The van der Waals surface area contributed by atoms with Gasteiger partial charge in [0.2, 0.25) is 20.0 Å². The summed E-state index contributed by atoms with van der Waals surface area (Å²) >= 11 is 0. The average molecular weight is 386 g/mol. The number of hydrogen-bond donors (Lipinski definition) is 3. The zero-order valence-corrected chi connectivity index (χ0v) is 15.4. The maximum absolute atomic E-state index is 12.7. The van der Waals surface area contributed by atoms with E-state index in [9.17, 15) is 16.8 Å². The first kappa shape index (κ1) is 17.4. The van der Waals surface area contributed by atoms with Crippen molar-refractivity contribution in [1.82, 2.24) is 14.8 Å². The third kappa shape index (κ3) is 3.90. The fourth-order valence-corrected chi connectivity index (χ4v) is 6.47. The van der Waals surface area contributed by atoms with Crippen LogP contribution in [0.4, 0.5) is 0 Å². The van der Waals surface area contributed by atoms with Gasteiger partial charge in [-0.15, -0.1) is 0 Å². The summed E-state index contributed by atoms with van der Waals surface area (Å²) in [5.41, 5.74) is 0. The molecule has 1 aromatic carbocycles. The summed E-state index contributed by atoms with van der Waals surface area (Å²) in [5.74, 6) is 0. The minimum absolute atomic E-state index is 0.00273. The van der Waals surface area contributed by atoms with E-state index in [4.69, 9.17) is 0 Å². The molecule has 25 heavy (non-hydrogen) atoms. The second-order valence-corrected chi connectivity index (χ2v) is 10.7. The molecule has 7 nitrogen and oxygen atoms in total. The molecule has 0 spiro atoms. The van der Waals surface area contributed by atoms with E-state index in [0.29, 0.717) is 12.1 Å². The van der Waals surface area contributed by atoms with Crippen LogP contribution >= 0.6 is 0 Å². The molecule has 2 bridgehead atoms. The van der Waals surface area contributed by atoms with Gasteiger partial charge in [-0.25, -0.2) is 26.3 Å². The Labute approximate surface area is 148 Å². The molecule has 2 aliphatic heterocycles. The second-order valence-electron chi connectivity index (χ2n) is 7.30. The van der Waals surface area contributed by atoms with Crippen LogP contribution in [0.1, 0.15) is 38.5 Å². The van der Waals surface area contributed by atoms with Crippen LogP contribution < -0.4 is 14.8 Å². The summed E-state index contributed by atoms with van der Waals surface area (Å²) in [7, 11) is -7.42. The van der Waals surface area contributed by atoms with Gasteiger partial charge in [-0.3, -0.25) is 0 Å². The van der Waals surface area contributed by atoms with Gasteiger partial charge in [0.15, 0.2) is 0 Å². The third-order valence-corrected chi connectivity index (χ3v) is 8.16. The molecular formula is C16H23N3O4S2. The molecule has 2 heterocycles. The quantitative estimate of drug-likeness (QED) is 0.668. The average Bonchev–Trinajstić information content (AvgIpc) is 3.29. The number of fused-ring (bicyclic) bond motifs is 2. The molecule has 1 aliphatic carbocycles. The fraction of sp³-hybridized carbons (Fsp3) is 0.625. The highest BCUT2D eigenvalue weighted by atomic mass is 32.2. The van der Waals surface area contributed by atoms with Gasteiger partial charge in [0, 0.05) is 24.2 Å². The van der Waals surface area contributed by atoms with Gasteiger partial charge >= 0.3 is 0 Å². The Hall–Kier alpha value is -1.00. The van der Waals surface area contributed by atoms with Crippen molar-refractivity contribution < 1.29 is 16.8 Å². The molecule has 138 valence electrons. The molecule has 1 aromatic rings. The largest absolute Gasteiger partial charge is 0.311 e. The SMILES string of the molecule is O=S(=O)(NC1CC1)c1cccc(S(=O)(=O)NC2CC3CCC(C2)N3)c1. The topological polar surface area (TPSA) is 104 Å². The van der Waals surface area contributed by atoms with E-state index in [1.165, 1.54) is 24.3 Å². The van der Waals surface area contributed by atoms with Crippen molar-refractivity contribution in [3.05, 3.63) is 24.3 Å². The minimum Gasteiger partial charge on any atom is -0.311 e. The molecule has 0 aromatic heterocycles. The van der Waals surface area contributed by atoms with Crippen molar-refractivity contribution in [3.8, 4) is 0 Å². The van der Waals surface area contributed by atoms with Crippen molar-refractivity contribution in [3.63, 3.8) is 0 Å². The van der Waals surface area contributed by atoms with Gasteiger partial charge in [-0.2, -0.15) is 0 Å². The Kier molecular flexibility index (Phi) is 4.40. The van der Waals surface area contributed by atoms with Gasteiger partial charge in [-0.1, -0.05) is 6.07 Å². The Balaban J connectivity index is 1.53. The number of sulfonamides is 2. The summed E-state index contributed by atoms with van der Waals surface area (Å²) in [6.45, 7) is 0. The molecule has 2 unspecified atom stereocenters. The van der Waals surface area contributed by atoms with E-state index >= 15 is 0 Å². The van der Waals surface area contributed by atoms with Crippen LogP contribution in [-0.4, -0.2) is 41.0 Å². The Morgan fingerprint density at radius 1 is 0.800 bits per heavy atom. The standard InChI is InChI=1S/C16H23N3O4S2/c20-24(21,18-11-4-5-11)15-2-1-3-16(10-15)25(22,23)19-14-8-12-6-7-13(9-14)17-12/h1-3,10-14,17-19H,4-9H2. The molecule has 0 amide bonds. The van der Waals surface area contributed by atoms with Crippen LogP contribution in [-0.2, 0) is 20.0 Å². The fourth-order valence-electron chi connectivity index (χ4n) is 3.74. The third-order valence-electron chi connectivity index (χ3n) is 5.12. The molecule has 3 fully saturated rings. The molecule has 1 saturated carbocycles. The highest BCUT2D eigenvalue weighted by Crippen LogP contribution is 2.28. The number of nitrogens with one attached hydrogen (secondary N) is 3. The number of hydrogen-bond acceptors (Lipinski definition) is 5. The van der Waals surface area contributed by atoms with E-state index in [2.05, 4.69) is 14.8 Å². The van der Waals surface area contributed by atoms with E-state index in [1.54, 1.807) is 0 Å². The first-order valence-corrected chi connectivity index (χ1v) is 11.7. The summed E-state index contributed by atoms with van der Waals surface area (Å²) in [5, 5.41) is 3.48. The summed E-state index contributed by atoms with van der Waals surface area (Å²) < 4.78 is 55.4. The van der Waals surface area contributed by atoms with Gasteiger partial charge in [0.25, 0.3) is 0 Å². The highest BCUT2D eigenvalue weighted by Gasteiger charge is 2.35. The van der Waals surface area contributed by atoms with Crippen molar-refractivity contribution in [2.24, 2.45) is 0 Å². The molecule has 2 atom stereocenters. The Bertz CT molecular complexity index is 853. The Morgan fingerprint density at radius 2 is 1.32 bits per heavy atom. The lowest BCUT2D eigenvalue weighted by atomic mass is 10.0. The van der Waals surface area contributed by atoms with Crippen molar-refractivity contribution >= 4 is 20.0 Å². The van der Waals surface area contributed by atoms with Crippen LogP contribution in [0.25, 0.3) is 0 Å². The van der Waals surface area contributed by atoms with Crippen LogP contribution in [0, 0.1) is 0 Å². The van der Waals surface area contributed by atoms with E-state index in [-0.39, 0.29) is 21.9 Å². The predicted octanol–water partition coefficient (Wildman–Crippen LogP) is 0.689. The van der Waals surface area contributed by atoms with Gasteiger partial charge in [0.1, 0.15) is 0 Å². The number of benzene rings is 1. The van der Waals surface area contributed by atoms with Crippen LogP contribution in [0.3, 0.4) is 0 Å². The zero-order chi connectivity index (χ0) is 17.7. The molecular weight excluding hydrogens is 362 g/mol. The molecule has 0 radical (unpaired) electrons. The van der Waals surface area contributed by atoms with Crippen LogP contribution in [0.2, 0.25) is 0 Å². The molecule has 3 N–H and O–H groups in total. The first-order valence-electron chi connectivity index (χ1n) is 8.73. The van der Waals surface area contributed by atoms with Gasteiger partial charge in [0.05, 0.1) is 9.79 Å². The maximum Gasteiger partial charge on any atom is 0.240 e. The normalized spacial score (nSPS) is 29.7. The lowest BCUT2D eigenvalue weighted by Crippen LogP contribution is -2.47. The molecule has 9 heteroatoms. The van der Waals surface area contributed by atoms with E-state index in [1.807, 2.05) is 0 Å². The van der Waals surface area contributed by atoms with Crippen molar-refractivity contribution in [2.75, 3.05) is 0 Å². The monoisotopic (exact) mass is 385 g/mol. The molecule has 3 aliphatic rings. The summed E-state index contributed by atoms with van der Waals surface area (Å²) in [4.78, 5) is -0.00953. The summed E-state index contributed by atoms with van der Waals surface area (Å²) in [6, 6.07) is 6.21. The maximum atomic E-state index is 12.7. The van der Waals surface area contributed by atoms with Crippen LogP contribution in [0.15, 0.2) is 34.1 Å². The van der Waals surface area contributed by atoms with E-state index < -0.39 is 20.0 Å². The van der Waals surface area contributed by atoms with Crippen LogP contribution in [0.5, 0.6) is 0 Å². The molecule has 4 rings (SSSR count). The first-order chi connectivity index (χ1) is 11.8. The van der Waals surface area contributed by atoms with Crippen molar-refractivity contribution in [1.29, 1.82) is 0 Å². The smallest absolute Gasteiger partial charge is 0.240 e. The van der Waals surface area contributed by atoms with Gasteiger partial charge in [-0.05, 0) is 56.7 Å².